The summed E-state index contributed by atoms with van der Waals surface area (Å²) in [5.74, 6) is 0. The highest BCUT2D eigenvalue weighted by molar-refractivity contribution is 7.26. The van der Waals surface area contributed by atoms with Gasteiger partial charge in [0.05, 0.1) is 0 Å². The maximum Gasteiger partial charge on any atom is 0.0434 e. The molecule has 0 atom stereocenters. The van der Waals surface area contributed by atoms with Gasteiger partial charge in [-0.05, 0) is 83.4 Å². The first-order valence-corrected chi connectivity index (χ1v) is 16.9. The molecule has 1 aromatic heterocycles. The Hall–Kier alpha value is -5.24. The van der Waals surface area contributed by atoms with Crippen LogP contribution in [0.5, 0.6) is 0 Å². The molecule has 1 aliphatic rings. The number of hydrogen-bond donors (Lipinski definition) is 0. The maximum absolute atomic E-state index is 2.53. The highest BCUT2D eigenvalue weighted by Crippen LogP contribution is 2.55. The van der Waals surface area contributed by atoms with Crippen LogP contribution in [0.1, 0.15) is 25.0 Å². The van der Waals surface area contributed by atoms with Crippen LogP contribution in [0.2, 0.25) is 0 Å². The molecule has 0 amide bonds. The van der Waals surface area contributed by atoms with E-state index in [0.29, 0.717) is 0 Å². The molecule has 0 N–H and O–H groups in total. The Balaban J connectivity index is 1.36. The molecule has 46 heavy (non-hydrogen) atoms. The van der Waals surface area contributed by atoms with Gasteiger partial charge in [-0.25, -0.2) is 0 Å². The number of thiophene rings is 1. The van der Waals surface area contributed by atoms with Gasteiger partial charge in [0.15, 0.2) is 0 Å². The zero-order chi connectivity index (χ0) is 30.6. The van der Waals surface area contributed by atoms with Gasteiger partial charge in [0.2, 0.25) is 0 Å². The van der Waals surface area contributed by atoms with E-state index < -0.39 is 0 Å². The Morgan fingerprint density at radius 2 is 0.848 bits per heavy atom. The maximum atomic E-state index is 2.53. The van der Waals surface area contributed by atoms with E-state index in [-0.39, 0.29) is 5.41 Å². The minimum absolute atomic E-state index is 0.0902. The third-order valence-electron chi connectivity index (χ3n) is 10.5. The molecular formula is C45H30S. The summed E-state index contributed by atoms with van der Waals surface area (Å²) >= 11 is 1.91. The number of rotatable bonds is 2. The van der Waals surface area contributed by atoms with Crippen LogP contribution < -0.4 is 0 Å². The molecule has 0 aliphatic heterocycles. The largest absolute Gasteiger partial charge is 0.135 e. The Morgan fingerprint density at radius 1 is 0.370 bits per heavy atom. The number of benzene rings is 8. The first-order chi connectivity index (χ1) is 22.6. The first kappa shape index (κ1) is 26.0. The van der Waals surface area contributed by atoms with Crippen LogP contribution in [0.3, 0.4) is 0 Å². The van der Waals surface area contributed by atoms with Crippen molar-refractivity contribution in [2.75, 3.05) is 0 Å². The fourth-order valence-electron chi connectivity index (χ4n) is 8.41. The van der Waals surface area contributed by atoms with Crippen molar-refractivity contribution >= 4 is 63.8 Å². The smallest absolute Gasteiger partial charge is 0.0434 e. The topological polar surface area (TPSA) is 0 Å². The molecule has 1 heterocycles. The molecule has 0 spiro atoms. The lowest BCUT2D eigenvalue weighted by atomic mass is 9.79. The highest BCUT2D eigenvalue weighted by atomic mass is 32.1. The average molecular weight is 603 g/mol. The number of fused-ring (bicyclic) bond motifs is 10. The second kappa shape index (κ2) is 9.39. The Labute approximate surface area is 272 Å². The van der Waals surface area contributed by atoms with Crippen molar-refractivity contribution < 1.29 is 0 Å². The van der Waals surface area contributed by atoms with Crippen molar-refractivity contribution in [2.24, 2.45) is 0 Å². The molecule has 0 nitrogen and oxygen atoms in total. The second-order valence-electron chi connectivity index (χ2n) is 13.2. The minimum atomic E-state index is -0.0902. The quantitative estimate of drug-likeness (QED) is 0.173. The summed E-state index contributed by atoms with van der Waals surface area (Å²) in [6, 6.07) is 54.4. The lowest BCUT2D eigenvalue weighted by Crippen LogP contribution is -2.15. The normalized spacial score (nSPS) is 13.6. The average Bonchev–Trinajstić information content (AvgIpc) is 3.59. The van der Waals surface area contributed by atoms with Crippen LogP contribution in [-0.4, -0.2) is 0 Å². The van der Waals surface area contributed by atoms with Crippen molar-refractivity contribution in [1.29, 1.82) is 0 Å². The summed E-state index contributed by atoms with van der Waals surface area (Å²) in [6.07, 6.45) is 0. The first-order valence-electron chi connectivity index (χ1n) is 16.1. The summed E-state index contributed by atoms with van der Waals surface area (Å²) in [4.78, 5) is 0. The van der Waals surface area contributed by atoms with E-state index in [1.54, 1.807) is 0 Å². The molecule has 0 fully saturated rings. The van der Waals surface area contributed by atoms with Gasteiger partial charge in [-0.1, -0.05) is 147 Å². The van der Waals surface area contributed by atoms with E-state index in [1.807, 2.05) is 11.3 Å². The zero-order valence-corrected chi connectivity index (χ0v) is 26.6. The van der Waals surface area contributed by atoms with Gasteiger partial charge in [0.1, 0.15) is 0 Å². The fourth-order valence-corrected chi connectivity index (χ4v) is 9.63. The summed E-state index contributed by atoms with van der Waals surface area (Å²) in [5, 5.41) is 10.5. The predicted octanol–water partition coefficient (Wildman–Crippen LogP) is 13.2. The lowest BCUT2D eigenvalue weighted by Gasteiger charge is -2.24. The molecule has 8 aromatic carbocycles. The van der Waals surface area contributed by atoms with Crippen molar-refractivity contribution in [3.8, 4) is 33.4 Å². The van der Waals surface area contributed by atoms with E-state index in [4.69, 9.17) is 0 Å². The molecule has 10 rings (SSSR count). The summed E-state index contributed by atoms with van der Waals surface area (Å²) in [5.41, 5.74) is 10.8. The molecule has 0 saturated carbocycles. The van der Waals surface area contributed by atoms with E-state index in [2.05, 4.69) is 159 Å². The van der Waals surface area contributed by atoms with Crippen molar-refractivity contribution in [1.82, 2.24) is 0 Å². The van der Waals surface area contributed by atoms with E-state index in [9.17, 15) is 0 Å². The second-order valence-corrected chi connectivity index (χ2v) is 14.2. The van der Waals surface area contributed by atoms with E-state index >= 15 is 0 Å². The standard InChI is InChI=1S/C45H30S/c1-45(2)38-24-11-9-21-35(38)43-29-16-4-3-14-27(29)37(26-39(43)45)42-32-19-7-5-17-30(32)41(31-18-6-8-20-33(31)42)36-23-13-22-34-28-15-10-12-25-40(28)46-44(34)36/h3-26H,1-2H3. The van der Waals surface area contributed by atoms with Gasteiger partial charge in [0.25, 0.3) is 0 Å². The molecule has 0 saturated heterocycles. The van der Waals surface area contributed by atoms with Gasteiger partial charge in [0, 0.05) is 31.2 Å². The molecule has 0 bridgehead atoms. The van der Waals surface area contributed by atoms with Crippen molar-refractivity contribution in [3.05, 3.63) is 157 Å². The zero-order valence-electron chi connectivity index (χ0n) is 25.8. The molecule has 9 aromatic rings. The molecule has 0 radical (unpaired) electrons. The number of hydrogen-bond acceptors (Lipinski definition) is 1. The van der Waals surface area contributed by atoms with Crippen molar-refractivity contribution in [3.63, 3.8) is 0 Å². The molecule has 1 aliphatic carbocycles. The third kappa shape index (κ3) is 3.39. The monoisotopic (exact) mass is 602 g/mol. The Morgan fingerprint density at radius 3 is 1.52 bits per heavy atom. The predicted molar refractivity (Wildman–Crippen MR) is 200 cm³/mol. The SMILES string of the molecule is CC1(C)c2ccccc2-c2c1cc(-c1c3ccccc3c(-c3cccc4c3sc3ccccc34)c3ccccc13)c1ccccc21. The van der Waals surface area contributed by atoms with Gasteiger partial charge in [-0.15, -0.1) is 11.3 Å². The molecular weight excluding hydrogens is 573 g/mol. The molecule has 0 unspecified atom stereocenters. The Bertz CT molecular complexity index is 2660. The molecule has 1 heteroatoms. The van der Waals surface area contributed by atoms with E-state index in [0.717, 1.165) is 0 Å². The fraction of sp³-hybridized carbons (Fsp3) is 0.0667. The third-order valence-corrected chi connectivity index (χ3v) is 11.7. The summed E-state index contributed by atoms with van der Waals surface area (Å²) < 4.78 is 2.69. The minimum Gasteiger partial charge on any atom is -0.135 e. The van der Waals surface area contributed by atoms with Crippen LogP contribution in [0.4, 0.5) is 0 Å². The lowest BCUT2D eigenvalue weighted by molar-refractivity contribution is 0.661. The highest BCUT2D eigenvalue weighted by Gasteiger charge is 2.37. The van der Waals surface area contributed by atoms with Gasteiger partial charge >= 0.3 is 0 Å². The molecule has 216 valence electrons. The van der Waals surface area contributed by atoms with Gasteiger partial charge < -0.3 is 0 Å². The van der Waals surface area contributed by atoms with Crippen LogP contribution in [0.25, 0.3) is 85.9 Å². The van der Waals surface area contributed by atoms with Crippen LogP contribution >= 0.6 is 11.3 Å². The Kier molecular flexibility index (Phi) is 5.31. The summed E-state index contributed by atoms with van der Waals surface area (Å²) in [7, 11) is 0. The van der Waals surface area contributed by atoms with Crippen LogP contribution in [0.15, 0.2) is 146 Å². The van der Waals surface area contributed by atoms with Crippen molar-refractivity contribution in [2.45, 2.75) is 19.3 Å². The van der Waals surface area contributed by atoms with Crippen LogP contribution in [0, 0.1) is 0 Å². The van der Waals surface area contributed by atoms with Gasteiger partial charge in [-0.3, -0.25) is 0 Å². The van der Waals surface area contributed by atoms with Gasteiger partial charge in [-0.2, -0.15) is 0 Å². The van der Waals surface area contributed by atoms with E-state index in [1.165, 1.54) is 97.0 Å². The van der Waals surface area contributed by atoms with Crippen LogP contribution in [-0.2, 0) is 5.41 Å². The summed E-state index contributed by atoms with van der Waals surface area (Å²) in [6.45, 7) is 4.78.